The summed E-state index contributed by atoms with van der Waals surface area (Å²) in [5.74, 6) is 0.811. The van der Waals surface area contributed by atoms with Gasteiger partial charge in [-0.25, -0.2) is 0 Å². The number of halogens is 2. The van der Waals surface area contributed by atoms with Crippen molar-refractivity contribution in [3.05, 3.63) is 28.2 Å². The lowest BCUT2D eigenvalue weighted by molar-refractivity contribution is 0.331. The fourth-order valence-corrected chi connectivity index (χ4v) is 3.51. The molecule has 1 N–H and O–H groups in total. The predicted octanol–water partition coefficient (Wildman–Crippen LogP) is 3.96. The fraction of sp³-hybridized carbons (Fsp3) is 0.600. The number of hydrogen-bond donors (Lipinski definition) is 1. The van der Waals surface area contributed by atoms with E-state index in [1.807, 2.05) is 18.2 Å². The minimum Gasteiger partial charge on any atom is -0.368 e. The highest BCUT2D eigenvalue weighted by molar-refractivity contribution is 6.35. The summed E-state index contributed by atoms with van der Waals surface area (Å²) < 4.78 is 0. The average molecular weight is 299 g/mol. The lowest BCUT2D eigenvalue weighted by Gasteiger charge is -2.35. The maximum absolute atomic E-state index is 6.35. The van der Waals surface area contributed by atoms with Crippen molar-refractivity contribution in [2.45, 2.75) is 31.7 Å². The molecule has 0 spiro atoms. The van der Waals surface area contributed by atoms with Crippen molar-refractivity contribution in [2.75, 3.05) is 24.5 Å². The van der Waals surface area contributed by atoms with Crippen LogP contribution in [-0.2, 0) is 0 Å². The Morgan fingerprint density at radius 2 is 2.11 bits per heavy atom. The zero-order chi connectivity index (χ0) is 13.5. The Bertz CT molecular complexity index is 473. The van der Waals surface area contributed by atoms with Gasteiger partial charge in [0.2, 0.25) is 0 Å². The molecule has 1 aromatic carbocycles. The summed E-state index contributed by atoms with van der Waals surface area (Å²) in [7, 11) is 0. The number of rotatable bonds is 2. The van der Waals surface area contributed by atoms with E-state index < -0.39 is 0 Å². The van der Waals surface area contributed by atoms with Crippen LogP contribution < -0.4 is 10.2 Å². The van der Waals surface area contributed by atoms with E-state index in [2.05, 4.69) is 17.1 Å². The summed E-state index contributed by atoms with van der Waals surface area (Å²) in [5.41, 5.74) is 1.28. The minimum atomic E-state index is 0.210. The molecule has 1 heterocycles. The van der Waals surface area contributed by atoms with E-state index in [0.717, 1.165) is 47.7 Å². The first-order chi connectivity index (χ1) is 9.08. The summed E-state index contributed by atoms with van der Waals surface area (Å²) in [6, 6.07) is 5.73. The summed E-state index contributed by atoms with van der Waals surface area (Å²) in [6.07, 6.45) is 3.84. The number of nitrogens with zero attached hydrogens (tertiary/aromatic N) is 1. The van der Waals surface area contributed by atoms with Crippen LogP contribution in [0.25, 0.3) is 0 Å². The summed E-state index contributed by atoms with van der Waals surface area (Å²) in [5, 5.41) is 5.29. The minimum absolute atomic E-state index is 0.210. The van der Waals surface area contributed by atoms with Crippen LogP contribution in [0.15, 0.2) is 18.2 Å². The third-order valence-electron chi connectivity index (χ3n) is 4.38. The molecule has 4 heteroatoms. The Morgan fingerprint density at radius 1 is 1.32 bits per heavy atom. The van der Waals surface area contributed by atoms with Gasteiger partial charge in [-0.2, -0.15) is 0 Å². The van der Waals surface area contributed by atoms with E-state index in [0.29, 0.717) is 0 Å². The van der Waals surface area contributed by atoms with Gasteiger partial charge in [-0.3, -0.25) is 0 Å². The third kappa shape index (κ3) is 2.86. The first-order valence-corrected chi connectivity index (χ1v) is 7.79. The molecular weight excluding hydrogens is 279 g/mol. The molecule has 0 radical (unpaired) electrons. The lowest BCUT2D eigenvalue weighted by Crippen LogP contribution is -2.51. The van der Waals surface area contributed by atoms with E-state index in [4.69, 9.17) is 23.2 Å². The molecular formula is C15H20Cl2N2. The van der Waals surface area contributed by atoms with Gasteiger partial charge in [0, 0.05) is 23.7 Å². The van der Waals surface area contributed by atoms with Gasteiger partial charge in [-0.15, -0.1) is 0 Å². The van der Waals surface area contributed by atoms with Crippen LogP contribution in [0, 0.1) is 5.92 Å². The highest BCUT2D eigenvalue weighted by atomic mass is 35.5. The van der Waals surface area contributed by atoms with Gasteiger partial charge in [0.15, 0.2) is 0 Å². The second-order valence-corrected chi connectivity index (χ2v) is 6.83. The molecule has 1 saturated heterocycles. The van der Waals surface area contributed by atoms with Crippen molar-refractivity contribution in [3.8, 4) is 0 Å². The van der Waals surface area contributed by atoms with Gasteiger partial charge in [0.25, 0.3) is 0 Å². The van der Waals surface area contributed by atoms with Crippen molar-refractivity contribution in [1.82, 2.24) is 5.32 Å². The Morgan fingerprint density at radius 3 is 2.84 bits per heavy atom. The van der Waals surface area contributed by atoms with Crippen molar-refractivity contribution in [1.29, 1.82) is 0 Å². The van der Waals surface area contributed by atoms with E-state index in [1.165, 1.54) is 12.8 Å². The topological polar surface area (TPSA) is 15.3 Å². The standard InChI is InChI=1S/C15H20Cl2N2/c1-15(11-3-4-11)10-19(8-2-7-18-15)14-9-12(16)5-6-13(14)17/h5-6,9,11,18H,2-4,7-8,10H2,1H3. The molecule has 3 rings (SSSR count). The first-order valence-electron chi connectivity index (χ1n) is 7.03. The summed E-state index contributed by atoms with van der Waals surface area (Å²) in [4.78, 5) is 2.40. The molecule has 104 valence electrons. The van der Waals surface area contributed by atoms with Gasteiger partial charge in [0.1, 0.15) is 0 Å². The zero-order valence-corrected chi connectivity index (χ0v) is 12.8. The smallest absolute Gasteiger partial charge is 0.0640 e. The maximum Gasteiger partial charge on any atom is 0.0640 e. The molecule has 1 aromatic rings. The number of hydrogen-bond acceptors (Lipinski definition) is 2. The third-order valence-corrected chi connectivity index (χ3v) is 4.93. The van der Waals surface area contributed by atoms with E-state index in [9.17, 15) is 0 Å². The molecule has 2 nitrogen and oxygen atoms in total. The molecule has 2 fully saturated rings. The molecule has 0 amide bonds. The molecule has 1 aliphatic carbocycles. The number of benzene rings is 1. The molecule has 2 aliphatic rings. The largest absolute Gasteiger partial charge is 0.368 e. The van der Waals surface area contributed by atoms with Crippen LogP contribution in [0.1, 0.15) is 26.2 Å². The van der Waals surface area contributed by atoms with E-state index >= 15 is 0 Å². The summed E-state index contributed by atoms with van der Waals surface area (Å²) in [6.45, 7) is 5.48. The van der Waals surface area contributed by atoms with Crippen molar-refractivity contribution in [3.63, 3.8) is 0 Å². The number of nitrogens with one attached hydrogen (secondary N) is 1. The normalized spacial score (nSPS) is 28.3. The molecule has 1 saturated carbocycles. The average Bonchev–Trinajstić information content (AvgIpc) is 3.19. The van der Waals surface area contributed by atoms with Crippen LogP contribution >= 0.6 is 23.2 Å². The van der Waals surface area contributed by atoms with Gasteiger partial charge in [0.05, 0.1) is 10.7 Å². The van der Waals surface area contributed by atoms with Crippen molar-refractivity contribution < 1.29 is 0 Å². The monoisotopic (exact) mass is 298 g/mol. The zero-order valence-electron chi connectivity index (χ0n) is 11.3. The van der Waals surface area contributed by atoms with Crippen LogP contribution in [-0.4, -0.2) is 25.2 Å². The van der Waals surface area contributed by atoms with E-state index in [-0.39, 0.29) is 5.54 Å². The highest BCUT2D eigenvalue weighted by Gasteiger charge is 2.43. The van der Waals surface area contributed by atoms with Gasteiger partial charge >= 0.3 is 0 Å². The second kappa shape index (κ2) is 5.16. The van der Waals surface area contributed by atoms with Crippen LogP contribution in [0.2, 0.25) is 10.0 Å². The molecule has 1 unspecified atom stereocenters. The Kier molecular flexibility index (Phi) is 3.67. The number of anilines is 1. The first kappa shape index (κ1) is 13.5. The van der Waals surface area contributed by atoms with Gasteiger partial charge in [-0.05, 0) is 56.8 Å². The molecule has 1 aliphatic heterocycles. The Hall–Kier alpha value is -0.440. The van der Waals surface area contributed by atoms with Crippen molar-refractivity contribution in [2.24, 2.45) is 5.92 Å². The predicted molar refractivity (Wildman–Crippen MR) is 82.4 cm³/mol. The molecule has 0 bridgehead atoms. The van der Waals surface area contributed by atoms with Crippen LogP contribution in [0.4, 0.5) is 5.69 Å². The molecule has 0 aromatic heterocycles. The second-order valence-electron chi connectivity index (χ2n) is 5.99. The molecule has 19 heavy (non-hydrogen) atoms. The van der Waals surface area contributed by atoms with Crippen LogP contribution in [0.3, 0.4) is 0 Å². The summed E-state index contributed by atoms with van der Waals surface area (Å²) >= 11 is 12.5. The Balaban J connectivity index is 1.88. The van der Waals surface area contributed by atoms with E-state index in [1.54, 1.807) is 0 Å². The van der Waals surface area contributed by atoms with Crippen LogP contribution in [0.5, 0.6) is 0 Å². The van der Waals surface area contributed by atoms with Gasteiger partial charge < -0.3 is 10.2 Å². The Labute approximate surface area is 125 Å². The maximum atomic E-state index is 6.35. The van der Waals surface area contributed by atoms with Crippen molar-refractivity contribution >= 4 is 28.9 Å². The SMILES string of the molecule is CC1(C2CC2)CN(c2cc(Cl)ccc2Cl)CCCN1. The lowest BCUT2D eigenvalue weighted by atomic mass is 9.95. The highest BCUT2D eigenvalue weighted by Crippen LogP contribution is 2.42. The fourth-order valence-electron chi connectivity index (χ4n) is 3.10. The van der Waals surface area contributed by atoms with Gasteiger partial charge in [-0.1, -0.05) is 23.2 Å². The molecule has 1 atom stereocenters. The quantitative estimate of drug-likeness (QED) is 0.889.